The lowest BCUT2D eigenvalue weighted by atomic mass is 10.0. The van der Waals surface area contributed by atoms with Crippen molar-refractivity contribution in [3.63, 3.8) is 0 Å². The topological polar surface area (TPSA) is 59.8 Å². The van der Waals surface area contributed by atoms with Gasteiger partial charge in [0.05, 0.1) is 23.2 Å². The van der Waals surface area contributed by atoms with E-state index in [9.17, 15) is 9.18 Å². The normalized spacial score (nSPS) is 18.8. The van der Waals surface area contributed by atoms with E-state index >= 15 is 0 Å². The molecular formula is C22H23FN4OS. The number of fused-ring (bicyclic) bond motifs is 2. The quantitative estimate of drug-likeness (QED) is 0.658. The van der Waals surface area contributed by atoms with Crippen molar-refractivity contribution in [3.8, 4) is 0 Å². The molecule has 0 spiro atoms. The molecule has 0 bridgehead atoms. The van der Waals surface area contributed by atoms with E-state index < -0.39 is 0 Å². The second-order valence-electron chi connectivity index (χ2n) is 8.11. The molecule has 1 aromatic carbocycles. The molecule has 5 nitrogen and oxygen atoms in total. The molecule has 2 aliphatic rings. The van der Waals surface area contributed by atoms with Crippen LogP contribution in [0.1, 0.15) is 72.7 Å². The summed E-state index contributed by atoms with van der Waals surface area (Å²) in [5.41, 5.74) is 3.20. The largest absolute Gasteiger partial charge is 0.345 e. The highest BCUT2D eigenvalue weighted by Crippen LogP contribution is 2.41. The summed E-state index contributed by atoms with van der Waals surface area (Å²) in [6, 6.07) is 6.99. The zero-order valence-electron chi connectivity index (χ0n) is 16.5. The Balaban J connectivity index is 1.53. The van der Waals surface area contributed by atoms with Gasteiger partial charge in [0, 0.05) is 28.3 Å². The Morgan fingerprint density at radius 2 is 2.14 bits per heavy atom. The molecule has 1 aliphatic carbocycles. The van der Waals surface area contributed by atoms with Gasteiger partial charge in [0.2, 0.25) is 0 Å². The van der Waals surface area contributed by atoms with Gasteiger partial charge >= 0.3 is 0 Å². The van der Waals surface area contributed by atoms with E-state index in [1.807, 2.05) is 16.8 Å². The summed E-state index contributed by atoms with van der Waals surface area (Å²) in [6.07, 6.45) is 4.74. The van der Waals surface area contributed by atoms with Gasteiger partial charge in [0.15, 0.2) is 5.65 Å². The number of nitrogens with one attached hydrogen (secondary N) is 1. The van der Waals surface area contributed by atoms with Crippen LogP contribution in [0.3, 0.4) is 0 Å². The van der Waals surface area contributed by atoms with Gasteiger partial charge in [-0.05, 0) is 50.8 Å². The summed E-state index contributed by atoms with van der Waals surface area (Å²) in [5.74, 6) is 0.854. The van der Waals surface area contributed by atoms with Crippen LogP contribution in [0.4, 0.5) is 4.39 Å². The highest BCUT2D eigenvalue weighted by molar-refractivity contribution is 7.99. The lowest BCUT2D eigenvalue weighted by molar-refractivity contribution is 0.0936. The lowest BCUT2D eigenvalue weighted by Gasteiger charge is -2.26. The Hall–Kier alpha value is -2.41. The van der Waals surface area contributed by atoms with Crippen LogP contribution in [0, 0.1) is 5.82 Å². The zero-order valence-corrected chi connectivity index (χ0v) is 17.3. The molecule has 7 heteroatoms. The average Bonchev–Trinajstić information content (AvgIpc) is 3.46. The van der Waals surface area contributed by atoms with Gasteiger partial charge in [0.25, 0.3) is 5.91 Å². The number of carbonyl (C=O) groups excluding carboxylic acids is 1. The van der Waals surface area contributed by atoms with Crippen molar-refractivity contribution < 1.29 is 9.18 Å². The van der Waals surface area contributed by atoms with Crippen LogP contribution in [0.2, 0.25) is 0 Å². The highest BCUT2D eigenvalue weighted by Gasteiger charge is 2.30. The molecule has 2 aromatic heterocycles. The molecule has 3 heterocycles. The average molecular weight is 411 g/mol. The number of benzene rings is 1. The maximum absolute atomic E-state index is 14.2. The Labute approximate surface area is 173 Å². The van der Waals surface area contributed by atoms with Crippen LogP contribution in [-0.4, -0.2) is 26.4 Å². The molecule has 5 rings (SSSR count). The predicted molar refractivity (Wildman–Crippen MR) is 112 cm³/mol. The zero-order chi connectivity index (χ0) is 20.1. The maximum atomic E-state index is 14.2. The van der Waals surface area contributed by atoms with Crippen LogP contribution in [0.15, 0.2) is 35.4 Å². The predicted octanol–water partition coefficient (Wildman–Crippen LogP) is 5.00. The first kappa shape index (κ1) is 18.6. The molecule has 0 radical (unpaired) electrons. The van der Waals surface area contributed by atoms with E-state index in [2.05, 4.69) is 24.3 Å². The minimum absolute atomic E-state index is 0.144. The van der Waals surface area contributed by atoms with Crippen LogP contribution in [-0.2, 0) is 0 Å². The third kappa shape index (κ3) is 3.31. The van der Waals surface area contributed by atoms with Crippen LogP contribution >= 0.6 is 11.8 Å². The molecule has 1 amide bonds. The Morgan fingerprint density at radius 3 is 2.90 bits per heavy atom. The summed E-state index contributed by atoms with van der Waals surface area (Å²) >= 11 is 1.52. The van der Waals surface area contributed by atoms with Gasteiger partial charge in [-0.2, -0.15) is 5.10 Å². The van der Waals surface area contributed by atoms with Crippen LogP contribution < -0.4 is 5.32 Å². The van der Waals surface area contributed by atoms with E-state index in [1.165, 1.54) is 17.8 Å². The van der Waals surface area contributed by atoms with Crippen molar-refractivity contribution in [2.75, 3.05) is 5.75 Å². The smallest absolute Gasteiger partial charge is 0.252 e. The van der Waals surface area contributed by atoms with Crippen molar-refractivity contribution in [1.29, 1.82) is 0 Å². The third-order valence-electron chi connectivity index (χ3n) is 5.65. The molecule has 1 fully saturated rings. The van der Waals surface area contributed by atoms with Gasteiger partial charge < -0.3 is 5.32 Å². The van der Waals surface area contributed by atoms with Gasteiger partial charge in [-0.15, -0.1) is 11.8 Å². The molecule has 1 aliphatic heterocycles. The van der Waals surface area contributed by atoms with E-state index in [0.717, 1.165) is 47.3 Å². The summed E-state index contributed by atoms with van der Waals surface area (Å²) in [7, 11) is 0. The Morgan fingerprint density at radius 1 is 1.31 bits per heavy atom. The molecule has 3 aromatic rings. The molecule has 1 saturated carbocycles. The summed E-state index contributed by atoms with van der Waals surface area (Å²) < 4.78 is 16.1. The van der Waals surface area contributed by atoms with E-state index in [4.69, 9.17) is 4.98 Å². The number of nitrogens with zero attached hydrogens (tertiary/aromatic N) is 3. The van der Waals surface area contributed by atoms with Crippen molar-refractivity contribution in [2.24, 2.45) is 0 Å². The van der Waals surface area contributed by atoms with E-state index in [-0.39, 0.29) is 23.8 Å². The molecule has 0 saturated heterocycles. The standard InChI is InChI=1S/C22H23FN4OS/c1-12(2)27-21-16(11-24-27)15(10-19(25-21)13-6-7-13)22(28)26-18-8-9-29-20-14(18)4-3-5-17(20)23/h3-5,10-13,18H,6-9H2,1-2H3,(H,26,28)/t18-/m1/s1. The van der Waals surface area contributed by atoms with Crippen molar-refractivity contribution in [3.05, 3.63) is 53.1 Å². The van der Waals surface area contributed by atoms with Gasteiger partial charge in [-0.3, -0.25) is 4.79 Å². The summed E-state index contributed by atoms with van der Waals surface area (Å²) in [4.78, 5) is 18.8. The Kier molecular flexibility index (Phi) is 4.57. The number of pyridine rings is 1. The maximum Gasteiger partial charge on any atom is 0.252 e. The minimum atomic E-state index is -0.216. The monoisotopic (exact) mass is 410 g/mol. The summed E-state index contributed by atoms with van der Waals surface area (Å²) in [6.45, 7) is 4.12. The molecule has 150 valence electrons. The lowest BCUT2D eigenvalue weighted by Crippen LogP contribution is -2.31. The highest BCUT2D eigenvalue weighted by atomic mass is 32.2. The first-order chi connectivity index (χ1) is 14.0. The fraction of sp³-hybridized carbons (Fsp3) is 0.409. The molecule has 1 N–H and O–H groups in total. The number of aromatic nitrogens is 3. The number of amides is 1. The van der Waals surface area contributed by atoms with E-state index in [0.29, 0.717) is 16.4 Å². The first-order valence-corrected chi connectivity index (χ1v) is 11.1. The molecule has 1 atom stereocenters. The fourth-order valence-electron chi connectivity index (χ4n) is 3.96. The van der Waals surface area contributed by atoms with Gasteiger partial charge in [-0.25, -0.2) is 14.1 Å². The summed E-state index contributed by atoms with van der Waals surface area (Å²) in [5, 5.41) is 8.40. The Bertz CT molecular complexity index is 1110. The molecule has 0 unspecified atom stereocenters. The van der Waals surface area contributed by atoms with Crippen LogP contribution in [0.25, 0.3) is 11.0 Å². The number of rotatable bonds is 4. The number of hydrogen-bond donors (Lipinski definition) is 1. The van der Waals surface area contributed by atoms with Gasteiger partial charge in [0.1, 0.15) is 5.82 Å². The third-order valence-corrected chi connectivity index (χ3v) is 6.81. The fourth-order valence-corrected chi connectivity index (χ4v) is 5.10. The van der Waals surface area contributed by atoms with Crippen molar-refractivity contribution >= 4 is 28.7 Å². The number of thioether (sulfide) groups is 1. The minimum Gasteiger partial charge on any atom is -0.345 e. The number of carbonyl (C=O) groups is 1. The number of halogens is 1. The molecule has 29 heavy (non-hydrogen) atoms. The number of hydrogen-bond acceptors (Lipinski definition) is 4. The van der Waals surface area contributed by atoms with Gasteiger partial charge in [-0.1, -0.05) is 12.1 Å². The molecular weight excluding hydrogens is 387 g/mol. The van der Waals surface area contributed by atoms with Crippen molar-refractivity contribution in [2.45, 2.75) is 56.0 Å². The second kappa shape index (κ2) is 7.13. The van der Waals surface area contributed by atoms with Crippen LogP contribution in [0.5, 0.6) is 0 Å². The SMILES string of the molecule is CC(C)n1ncc2c(C(=O)N[C@@H]3CCSc4c(F)cccc43)cc(C3CC3)nc21. The first-order valence-electron chi connectivity index (χ1n) is 10.1. The van der Waals surface area contributed by atoms with E-state index in [1.54, 1.807) is 12.3 Å². The second-order valence-corrected chi connectivity index (χ2v) is 9.22. The van der Waals surface area contributed by atoms with Crippen molar-refractivity contribution in [1.82, 2.24) is 20.1 Å².